The highest BCUT2D eigenvalue weighted by atomic mass is 32.2. The van der Waals surface area contributed by atoms with Gasteiger partial charge in [-0.15, -0.1) is 0 Å². The SMILES string of the molecule is Cc1noc(NS(=O)(=O)c2ccc(NC(=O)CN(C)c3nc4c(F)cccc4s3)cc2)c1C. The minimum atomic E-state index is -3.88. The van der Waals surface area contributed by atoms with Crippen molar-refractivity contribution >= 4 is 54.2 Å². The Bertz CT molecular complexity index is 1430. The molecular weight excluding hydrogens is 469 g/mol. The second-order valence-electron chi connectivity index (χ2n) is 7.34. The number of hydrogen-bond acceptors (Lipinski definition) is 8. The number of halogens is 1. The number of likely N-dealkylation sites (N-methyl/N-ethyl adjacent to an activating group) is 1. The van der Waals surface area contributed by atoms with Crippen LogP contribution in [-0.4, -0.2) is 38.1 Å². The number of hydrogen-bond donors (Lipinski definition) is 2. The van der Waals surface area contributed by atoms with Gasteiger partial charge in [-0.1, -0.05) is 22.6 Å². The number of para-hydroxylation sites is 1. The molecule has 12 heteroatoms. The fourth-order valence-corrected chi connectivity index (χ4v) is 4.95. The van der Waals surface area contributed by atoms with E-state index in [1.54, 1.807) is 37.9 Å². The molecule has 0 saturated heterocycles. The molecule has 0 radical (unpaired) electrons. The zero-order valence-electron chi connectivity index (χ0n) is 17.9. The van der Waals surface area contributed by atoms with Gasteiger partial charge in [0.15, 0.2) is 5.13 Å². The number of aromatic nitrogens is 2. The molecule has 9 nitrogen and oxygen atoms in total. The van der Waals surface area contributed by atoms with E-state index in [-0.39, 0.29) is 28.7 Å². The summed E-state index contributed by atoms with van der Waals surface area (Å²) >= 11 is 1.28. The molecule has 0 fully saturated rings. The van der Waals surface area contributed by atoms with Gasteiger partial charge >= 0.3 is 0 Å². The van der Waals surface area contributed by atoms with Gasteiger partial charge in [0.05, 0.1) is 21.8 Å². The molecule has 0 atom stereocenters. The van der Waals surface area contributed by atoms with Crippen LogP contribution in [0.4, 0.5) is 21.1 Å². The zero-order chi connectivity index (χ0) is 23.8. The van der Waals surface area contributed by atoms with Crippen LogP contribution in [0, 0.1) is 19.7 Å². The number of aryl methyl sites for hydroxylation is 1. The molecule has 0 unspecified atom stereocenters. The van der Waals surface area contributed by atoms with Gasteiger partial charge in [0, 0.05) is 18.3 Å². The Labute approximate surface area is 193 Å². The Morgan fingerprint density at radius 2 is 1.91 bits per heavy atom. The minimum absolute atomic E-state index is 0.00238. The number of benzene rings is 2. The van der Waals surface area contributed by atoms with Crippen molar-refractivity contribution in [2.24, 2.45) is 0 Å². The number of carbonyl (C=O) groups excluding carboxylic acids is 1. The maximum Gasteiger partial charge on any atom is 0.264 e. The average Bonchev–Trinajstić information content (AvgIpc) is 3.34. The third-order valence-electron chi connectivity index (χ3n) is 4.90. The van der Waals surface area contributed by atoms with E-state index < -0.39 is 15.8 Å². The van der Waals surface area contributed by atoms with Gasteiger partial charge in [-0.3, -0.25) is 4.79 Å². The summed E-state index contributed by atoms with van der Waals surface area (Å²) in [5.74, 6) is -0.688. The van der Waals surface area contributed by atoms with Crippen LogP contribution in [0.15, 0.2) is 51.9 Å². The summed E-state index contributed by atoms with van der Waals surface area (Å²) in [5.41, 5.74) is 1.88. The maximum atomic E-state index is 13.9. The smallest absolute Gasteiger partial charge is 0.264 e. The van der Waals surface area contributed by atoms with Crippen LogP contribution in [0.5, 0.6) is 0 Å². The lowest BCUT2D eigenvalue weighted by atomic mass is 10.3. The number of anilines is 3. The van der Waals surface area contributed by atoms with E-state index in [1.807, 2.05) is 0 Å². The summed E-state index contributed by atoms with van der Waals surface area (Å²) in [6.45, 7) is 3.39. The van der Waals surface area contributed by atoms with E-state index in [0.29, 0.717) is 26.8 Å². The second kappa shape index (κ2) is 8.79. The second-order valence-corrected chi connectivity index (χ2v) is 10.0. The molecule has 0 spiro atoms. The normalized spacial score (nSPS) is 11.5. The number of amides is 1. The van der Waals surface area contributed by atoms with E-state index in [1.165, 1.54) is 41.7 Å². The van der Waals surface area contributed by atoms with E-state index in [4.69, 9.17) is 4.52 Å². The van der Waals surface area contributed by atoms with Crippen LogP contribution in [-0.2, 0) is 14.8 Å². The van der Waals surface area contributed by atoms with E-state index in [2.05, 4.69) is 20.2 Å². The van der Waals surface area contributed by atoms with Gasteiger partial charge in [-0.05, 0) is 50.2 Å². The molecule has 2 heterocycles. The van der Waals surface area contributed by atoms with Crippen LogP contribution in [0.2, 0.25) is 0 Å². The van der Waals surface area contributed by atoms with Gasteiger partial charge in [-0.25, -0.2) is 22.5 Å². The Kier molecular flexibility index (Phi) is 6.04. The Morgan fingerprint density at radius 1 is 1.18 bits per heavy atom. The summed E-state index contributed by atoms with van der Waals surface area (Å²) in [6, 6.07) is 10.4. The van der Waals surface area contributed by atoms with Crippen molar-refractivity contribution in [1.29, 1.82) is 0 Å². The summed E-state index contributed by atoms with van der Waals surface area (Å²) in [6.07, 6.45) is 0. The predicted molar refractivity (Wildman–Crippen MR) is 125 cm³/mol. The van der Waals surface area contributed by atoms with Gasteiger partial charge in [0.1, 0.15) is 11.3 Å². The van der Waals surface area contributed by atoms with Crippen LogP contribution in [0.1, 0.15) is 11.3 Å². The monoisotopic (exact) mass is 489 g/mol. The van der Waals surface area contributed by atoms with Crippen molar-refractivity contribution in [3.8, 4) is 0 Å². The van der Waals surface area contributed by atoms with Gasteiger partial charge < -0.3 is 14.7 Å². The molecule has 0 bridgehead atoms. The lowest BCUT2D eigenvalue weighted by Gasteiger charge is -2.15. The van der Waals surface area contributed by atoms with Crippen LogP contribution in [0.3, 0.4) is 0 Å². The molecule has 0 saturated carbocycles. The molecule has 2 N–H and O–H groups in total. The highest BCUT2D eigenvalue weighted by Crippen LogP contribution is 2.29. The standard InChI is InChI=1S/C21H20FN5O4S2/c1-12-13(2)25-31-20(12)26-33(29,30)15-9-7-14(8-10-15)23-18(28)11-27(3)21-24-19-16(22)5-4-6-17(19)32-21/h4-10,26H,11H2,1-3H3,(H,23,28). The van der Waals surface area contributed by atoms with Crippen LogP contribution >= 0.6 is 11.3 Å². The Balaban J connectivity index is 1.40. The van der Waals surface area contributed by atoms with Gasteiger partial charge in [0.2, 0.25) is 11.8 Å². The van der Waals surface area contributed by atoms with Crippen molar-refractivity contribution in [2.45, 2.75) is 18.7 Å². The maximum absolute atomic E-state index is 13.9. The van der Waals surface area contributed by atoms with Crippen molar-refractivity contribution in [3.63, 3.8) is 0 Å². The summed E-state index contributed by atoms with van der Waals surface area (Å²) in [5, 5.41) is 6.94. The largest absolute Gasteiger partial charge is 0.342 e. The highest BCUT2D eigenvalue weighted by molar-refractivity contribution is 7.92. The van der Waals surface area contributed by atoms with E-state index in [0.717, 1.165) is 0 Å². The highest BCUT2D eigenvalue weighted by Gasteiger charge is 2.19. The van der Waals surface area contributed by atoms with Crippen LogP contribution in [0.25, 0.3) is 10.2 Å². The molecule has 2 aromatic heterocycles. The number of carbonyl (C=O) groups is 1. The molecule has 33 heavy (non-hydrogen) atoms. The molecule has 172 valence electrons. The molecule has 4 rings (SSSR count). The summed E-state index contributed by atoms with van der Waals surface area (Å²) in [4.78, 5) is 18.3. The van der Waals surface area contributed by atoms with Gasteiger partial charge in [0.25, 0.3) is 10.0 Å². The average molecular weight is 490 g/mol. The first kappa shape index (κ1) is 22.7. The minimum Gasteiger partial charge on any atom is -0.342 e. The quantitative estimate of drug-likeness (QED) is 0.404. The molecule has 0 aliphatic carbocycles. The number of rotatable bonds is 7. The molecule has 0 aliphatic heterocycles. The number of nitrogens with one attached hydrogen (secondary N) is 2. The first-order valence-electron chi connectivity index (χ1n) is 9.76. The molecular formula is C21H20FN5O4S2. The lowest BCUT2D eigenvalue weighted by molar-refractivity contribution is -0.114. The third kappa shape index (κ3) is 4.81. The fourth-order valence-electron chi connectivity index (χ4n) is 2.96. The topological polar surface area (TPSA) is 117 Å². The molecule has 0 aliphatic rings. The van der Waals surface area contributed by atoms with E-state index in [9.17, 15) is 17.6 Å². The molecule has 2 aromatic carbocycles. The van der Waals surface area contributed by atoms with Crippen molar-refractivity contribution in [2.75, 3.05) is 28.5 Å². The number of nitrogens with zero attached hydrogens (tertiary/aromatic N) is 3. The van der Waals surface area contributed by atoms with E-state index >= 15 is 0 Å². The summed E-state index contributed by atoms with van der Waals surface area (Å²) in [7, 11) is -2.20. The lowest BCUT2D eigenvalue weighted by Crippen LogP contribution is -2.29. The Hall–Kier alpha value is -3.51. The third-order valence-corrected chi connectivity index (χ3v) is 7.38. The van der Waals surface area contributed by atoms with Crippen LogP contribution < -0.4 is 14.9 Å². The van der Waals surface area contributed by atoms with Crippen molar-refractivity contribution < 1.29 is 22.1 Å². The van der Waals surface area contributed by atoms with Crippen molar-refractivity contribution in [1.82, 2.24) is 10.1 Å². The summed E-state index contributed by atoms with van der Waals surface area (Å²) < 4.78 is 47.1. The zero-order valence-corrected chi connectivity index (χ0v) is 19.6. The number of sulfonamides is 1. The number of fused-ring (bicyclic) bond motifs is 1. The molecule has 1 amide bonds. The fraction of sp³-hybridized carbons (Fsp3) is 0.190. The number of thiazole rings is 1. The molecule has 4 aromatic rings. The van der Waals surface area contributed by atoms with Crippen molar-refractivity contribution in [3.05, 3.63) is 59.5 Å². The Morgan fingerprint density at radius 3 is 2.55 bits per heavy atom. The van der Waals surface area contributed by atoms with Gasteiger partial charge in [-0.2, -0.15) is 0 Å². The first-order valence-corrected chi connectivity index (χ1v) is 12.1. The predicted octanol–water partition coefficient (Wildman–Crippen LogP) is 3.92. The first-order chi connectivity index (χ1) is 15.6.